The van der Waals surface area contributed by atoms with Crippen molar-refractivity contribution in [3.63, 3.8) is 0 Å². The van der Waals surface area contributed by atoms with Gasteiger partial charge in [-0.3, -0.25) is 0 Å². The first-order valence-corrected chi connectivity index (χ1v) is 10.7. The third-order valence-corrected chi connectivity index (χ3v) is 5.06. The van der Waals surface area contributed by atoms with Gasteiger partial charge in [-0.15, -0.1) is 0 Å². The van der Waals surface area contributed by atoms with Gasteiger partial charge in [0.15, 0.2) is 23.8 Å². The van der Waals surface area contributed by atoms with Crippen molar-refractivity contribution in [1.29, 1.82) is 0 Å². The molecule has 0 N–H and O–H groups in total. The van der Waals surface area contributed by atoms with Crippen molar-refractivity contribution < 1.29 is 9.13 Å². The fourth-order valence-electron chi connectivity index (χ4n) is 3.30. The molecule has 2 heterocycles. The van der Waals surface area contributed by atoms with Crippen LogP contribution in [-0.4, -0.2) is 0 Å². The lowest BCUT2D eigenvalue weighted by molar-refractivity contribution is -0.703. The number of rotatable bonds is 6. The van der Waals surface area contributed by atoms with Gasteiger partial charge in [-0.2, -0.15) is 0 Å². The topological polar surface area (TPSA) is 7.76 Å². The summed E-state index contributed by atoms with van der Waals surface area (Å²) in [5.41, 5.74) is 4.66. The highest BCUT2D eigenvalue weighted by molar-refractivity contribution is 5.43. The van der Waals surface area contributed by atoms with E-state index in [1.54, 1.807) is 0 Å². The van der Waals surface area contributed by atoms with Crippen LogP contribution in [0.15, 0.2) is 73.1 Å². The predicted octanol–water partition coefficient (Wildman–Crippen LogP) is 4.54. The van der Waals surface area contributed by atoms with Crippen molar-refractivity contribution in [2.24, 2.45) is 0 Å². The maximum atomic E-state index is 3.30. The Kier molecular flexibility index (Phi) is 8.25. The molecule has 0 aliphatic rings. The molecule has 0 atom stereocenters. The number of hydrogen-bond acceptors (Lipinski definition) is 0. The predicted molar refractivity (Wildman–Crippen MR) is 121 cm³/mol. The monoisotopic (exact) mass is 394 g/mol. The van der Waals surface area contributed by atoms with Crippen LogP contribution in [0.25, 0.3) is 0 Å². The Hall–Kier alpha value is -3.36. The van der Waals surface area contributed by atoms with E-state index in [4.69, 9.17) is 0 Å². The Morgan fingerprint density at radius 3 is 1.60 bits per heavy atom. The van der Waals surface area contributed by atoms with Crippen LogP contribution in [0.2, 0.25) is 0 Å². The standard InChI is InChI=1S/C28H30N2/c1-25-14-7-11-22-29(25)20-9-3-5-16-27-18-13-19-28(24-27)17-6-4-10-21-30-23-12-8-15-26(30)2/h7-8,11-15,18-19,22-24H,3-4,9-10,20-21H2,1-2H3/q+2. The Morgan fingerprint density at radius 2 is 1.13 bits per heavy atom. The molecule has 3 aromatic rings. The van der Waals surface area contributed by atoms with Gasteiger partial charge in [-0.25, -0.2) is 9.13 Å². The summed E-state index contributed by atoms with van der Waals surface area (Å²) in [5.74, 6) is 13.2. The van der Waals surface area contributed by atoms with Crippen molar-refractivity contribution in [1.82, 2.24) is 0 Å². The molecule has 0 bridgehead atoms. The van der Waals surface area contributed by atoms with Crippen LogP contribution in [-0.2, 0) is 13.1 Å². The zero-order chi connectivity index (χ0) is 21.0. The van der Waals surface area contributed by atoms with E-state index in [-0.39, 0.29) is 0 Å². The van der Waals surface area contributed by atoms with Crippen LogP contribution in [0.1, 0.15) is 48.2 Å². The fourth-order valence-corrected chi connectivity index (χ4v) is 3.30. The Morgan fingerprint density at radius 1 is 0.633 bits per heavy atom. The molecule has 0 saturated carbocycles. The maximum absolute atomic E-state index is 3.30. The average Bonchev–Trinajstić information content (AvgIpc) is 2.76. The molecule has 3 rings (SSSR count). The number of nitrogens with zero attached hydrogens (tertiary/aromatic N) is 2. The number of hydrogen-bond donors (Lipinski definition) is 0. The second kappa shape index (κ2) is 11.6. The molecule has 2 heteroatoms. The third kappa shape index (κ3) is 6.91. The zero-order valence-electron chi connectivity index (χ0n) is 18.1. The molecule has 0 aliphatic heterocycles. The van der Waals surface area contributed by atoms with E-state index in [0.717, 1.165) is 49.9 Å². The molecule has 0 unspecified atom stereocenters. The molecule has 0 fully saturated rings. The van der Waals surface area contributed by atoms with E-state index in [2.05, 4.69) is 114 Å². The zero-order valence-corrected chi connectivity index (χ0v) is 18.1. The van der Waals surface area contributed by atoms with E-state index in [1.807, 2.05) is 6.07 Å². The van der Waals surface area contributed by atoms with Crippen molar-refractivity contribution >= 4 is 0 Å². The van der Waals surface area contributed by atoms with Gasteiger partial charge in [0.25, 0.3) is 0 Å². The van der Waals surface area contributed by atoms with Crippen LogP contribution in [0.4, 0.5) is 0 Å². The molecule has 2 aromatic heterocycles. The summed E-state index contributed by atoms with van der Waals surface area (Å²) >= 11 is 0. The van der Waals surface area contributed by atoms with Crippen LogP contribution < -0.4 is 9.13 Å². The summed E-state index contributed by atoms with van der Waals surface area (Å²) in [7, 11) is 0. The lowest BCUT2D eigenvalue weighted by Crippen LogP contribution is -2.36. The van der Waals surface area contributed by atoms with E-state index >= 15 is 0 Å². The molecular formula is C28H30N2+2. The first-order chi connectivity index (χ1) is 14.7. The van der Waals surface area contributed by atoms with Crippen molar-refractivity contribution in [2.75, 3.05) is 0 Å². The lowest BCUT2D eigenvalue weighted by atomic mass is 10.1. The molecular weight excluding hydrogens is 364 g/mol. The SMILES string of the molecule is Cc1cccc[n+]1CCCC#Cc1cccc(C#CCCC[n+]2ccccc2C)c1. The van der Waals surface area contributed by atoms with Gasteiger partial charge < -0.3 is 0 Å². The number of pyridine rings is 2. The van der Waals surface area contributed by atoms with Gasteiger partial charge in [-0.1, -0.05) is 41.9 Å². The minimum absolute atomic E-state index is 0.897. The van der Waals surface area contributed by atoms with Crippen molar-refractivity contribution in [2.45, 2.75) is 52.6 Å². The molecule has 0 aliphatic carbocycles. The first-order valence-electron chi connectivity index (χ1n) is 10.7. The number of unbranched alkanes of at least 4 members (excludes halogenated alkanes) is 2. The van der Waals surface area contributed by atoms with Crippen LogP contribution in [0, 0.1) is 37.5 Å². The molecule has 0 amide bonds. The van der Waals surface area contributed by atoms with Gasteiger partial charge in [0.2, 0.25) is 0 Å². The third-order valence-electron chi connectivity index (χ3n) is 5.06. The summed E-state index contributed by atoms with van der Waals surface area (Å²) in [5, 5.41) is 0. The minimum Gasteiger partial charge on any atom is -0.203 e. The maximum Gasteiger partial charge on any atom is 0.178 e. The highest BCUT2D eigenvalue weighted by Crippen LogP contribution is 2.03. The normalized spacial score (nSPS) is 9.93. The van der Waals surface area contributed by atoms with Crippen LogP contribution in [0.5, 0.6) is 0 Å². The van der Waals surface area contributed by atoms with Crippen LogP contribution in [0.3, 0.4) is 0 Å². The number of aryl methyl sites for hydroxylation is 4. The molecule has 1 aromatic carbocycles. The molecule has 0 radical (unpaired) electrons. The Labute approximate surface area is 181 Å². The smallest absolute Gasteiger partial charge is 0.178 e. The van der Waals surface area contributed by atoms with Gasteiger partial charge >= 0.3 is 0 Å². The van der Waals surface area contributed by atoms with E-state index < -0.39 is 0 Å². The molecule has 30 heavy (non-hydrogen) atoms. The second-order valence-corrected chi connectivity index (χ2v) is 7.46. The molecule has 2 nitrogen and oxygen atoms in total. The fraction of sp³-hybridized carbons (Fsp3) is 0.286. The minimum atomic E-state index is 0.897. The van der Waals surface area contributed by atoms with Crippen LogP contribution >= 0.6 is 0 Å². The Balaban J connectivity index is 1.45. The largest absolute Gasteiger partial charge is 0.203 e. The number of benzene rings is 1. The quantitative estimate of drug-likeness (QED) is 0.329. The summed E-state index contributed by atoms with van der Waals surface area (Å²) in [6.45, 7) is 6.29. The van der Waals surface area contributed by atoms with Gasteiger partial charge in [0, 0.05) is 74.9 Å². The summed E-state index contributed by atoms with van der Waals surface area (Å²) < 4.78 is 4.55. The first kappa shape index (κ1) is 21.4. The average molecular weight is 395 g/mol. The van der Waals surface area contributed by atoms with E-state index in [9.17, 15) is 0 Å². The molecule has 150 valence electrons. The molecule has 0 spiro atoms. The molecule has 0 saturated heterocycles. The van der Waals surface area contributed by atoms with Crippen molar-refractivity contribution in [3.05, 3.63) is 95.6 Å². The lowest BCUT2D eigenvalue weighted by Gasteiger charge is -1.97. The van der Waals surface area contributed by atoms with Gasteiger partial charge in [0.1, 0.15) is 13.1 Å². The Bertz CT molecular complexity index is 1010. The summed E-state index contributed by atoms with van der Waals surface area (Å²) in [4.78, 5) is 0. The number of aromatic nitrogens is 2. The van der Waals surface area contributed by atoms with Gasteiger partial charge in [-0.05, 0) is 18.2 Å². The second-order valence-electron chi connectivity index (χ2n) is 7.46. The van der Waals surface area contributed by atoms with Crippen molar-refractivity contribution in [3.8, 4) is 23.7 Å². The highest BCUT2D eigenvalue weighted by Gasteiger charge is 2.03. The summed E-state index contributed by atoms with van der Waals surface area (Å²) in [6, 6.07) is 20.8. The highest BCUT2D eigenvalue weighted by atomic mass is 14.9. The summed E-state index contributed by atoms with van der Waals surface area (Å²) in [6.07, 6.45) is 8.17. The van der Waals surface area contributed by atoms with E-state index in [1.165, 1.54) is 11.4 Å². The van der Waals surface area contributed by atoms with Gasteiger partial charge in [0.05, 0.1) is 0 Å². The van der Waals surface area contributed by atoms with E-state index in [0.29, 0.717) is 0 Å².